The van der Waals surface area contributed by atoms with E-state index < -0.39 is 0 Å². The van der Waals surface area contributed by atoms with Gasteiger partial charge in [-0.1, -0.05) is 25.2 Å². The number of hydrogen-bond donors (Lipinski definition) is 0. The third-order valence-electron chi connectivity index (χ3n) is 1.55. The lowest BCUT2D eigenvalue weighted by molar-refractivity contribution is 0.577. The molecule has 0 saturated carbocycles. The van der Waals surface area contributed by atoms with Crippen LogP contribution in [0.25, 0.3) is 0 Å². The zero-order valence-electron chi connectivity index (χ0n) is 7.30. The van der Waals surface area contributed by atoms with Gasteiger partial charge in [-0.15, -0.1) is 6.58 Å². The smallest absolute Gasteiger partial charge is 0.0759 e. The highest BCUT2D eigenvalue weighted by Crippen LogP contribution is 2.22. The molecule has 0 radical (unpaired) electrons. The first-order valence-electron chi connectivity index (χ1n) is 3.88. The molecule has 1 atom stereocenters. The lowest BCUT2D eigenvalue weighted by Crippen LogP contribution is -2.07. The summed E-state index contributed by atoms with van der Waals surface area (Å²) in [7, 11) is 0. The molecule has 0 aliphatic rings. The third-order valence-corrected chi connectivity index (χ3v) is 1.55. The van der Waals surface area contributed by atoms with Crippen LogP contribution in [-0.4, -0.2) is 0 Å². The molecule has 0 saturated heterocycles. The minimum absolute atomic E-state index is 0.349. The molecule has 0 aliphatic carbocycles. The normalized spacial score (nSPS) is 15.7. The predicted octanol–water partition coefficient (Wildman–Crippen LogP) is 3.06. The fourth-order valence-electron chi connectivity index (χ4n) is 0.829. The summed E-state index contributed by atoms with van der Waals surface area (Å²) >= 11 is 0. The van der Waals surface area contributed by atoms with Crippen molar-refractivity contribution >= 4 is 0 Å². The minimum atomic E-state index is -0.349. The van der Waals surface area contributed by atoms with Crippen molar-refractivity contribution < 1.29 is 0 Å². The number of allylic oxidation sites excluding steroid dienone is 3. The van der Waals surface area contributed by atoms with Gasteiger partial charge in [0.15, 0.2) is 0 Å². The van der Waals surface area contributed by atoms with Crippen LogP contribution in [0.5, 0.6) is 0 Å². The molecule has 0 N–H and O–H groups in total. The first kappa shape index (κ1) is 9.97. The second-order valence-corrected chi connectivity index (χ2v) is 2.83. The molecule has 11 heavy (non-hydrogen) atoms. The van der Waals surface area contributed by atoms with Gasteiger partial charge in [0.05, 0.1) is 11.5 Å². The Morgan fingerprint density at radius 2 is 2.27 bits per heavy atom. The molecule has 0 aromatic carbocycles. The predicted molar refractivity (Wildman–Crippen MR) is 48.0 cm³/mol. The van der Waals surface area contributed by atoms with Crippen molar-refractivity contribution in [3.8, 4) is 6.07 Å². The molecule has 60 valence electrons. The molecular formula is C10H15N. The van der Waals surface area contributed by atoms with Crippen molar-refractivity contribution in [1.29, 1.82) is 5.26 Å². The fraction of sp³-hybridized carbons (Fsp3) is 0.500. The zero-order valence-corrected chi connectivity index (χ0v) is 7.30. The van der Waals surface area contributed by atoms with Crippen molar-refractivity contribution in [2.24, 2.45) is 5.41 Å². The van der Waals surface area contributed by atoms with E-state index in [0.29, 0.717) is 0 Å². The molecule has 0 bridgehead atoms. The topological polar surface area (TPSA) is 23.8 Å². The molecular weight excluding hydrogens is 134 g/mol. The van der Waals surface area contributed by atoms with Crippen LogP contribution in [0.3, 0.4) is 0 Å². The van der Waals surface area contributed by atoms with Crippen LogP contribution in [0.2, 0.25) is 0 Å². The second-order valence-electron chi connectivity index (χ2n) is 2.83. The van der Waals surface area contributed by atoms with Crippen molar-refractivity contribution in [3.63, 3.8) is 0 Å². The summed E-state index contributed by atoms with van der Waals surface area (Å²) in [6.45, 7) is 7.59. The van der Waals surface area contributed by atoms with Crippen LogP contribution in [-0.2, 0) is 0 Å². The van der Waals surface area contributed by atoms with Crippen LogP contribution in [0.4, 0.5) is 0 Å². The van der Waals surface area contributed by atoms with Gasteiger partial charge in [-0.05, 0) is 19.8 Å². The standard InChI is InChI=1S/C10H15N/c1-4-6-8-10(3,9-11)7-5-2/h5-6,8H,2,4,7H2,1,3H3. The average molecular weight is 149 g/mol. The average Bonchev–Trinajstić information content (AvgIpc) is 2.02. The van der Waals surface area contributed by atoms with Gasteiger partial charge in [-0.25, -0.2) is 0 Å². The van der Waals surface area contributed by atoms with Crippen LogP contribution in [0.1, 0.15) is 26.7 Å². The summed E-state index contributed by atoms with van der Waals surface area (Å²) in [5.74, 6) is 0. The highest BCUT2D eigenvalue weighted by molar-refractivity contribution is 5.12. The lowest BCUT2D eigenvalue weighted by Gasteiger charge is -2.13. The summed E-state index contributed by atoms with van der Waals surface area (Å²) in [6, 6.07) is 2.26. The van der Waals surface area contributed by atoms with E-state index in [0.717, 1.165) is 12.8 Å². The van der Waals surface area contributed by atoms with Crippen LogP contribution >= 0.6 is 0 Å². The van der Waals surface area contributed by atoms with Gasteiger partial charge in [0.2, 0.25) is 0 Å². The Kier molecular flexibility index (Phi) is 4.29. The van der Waals surface area contributed by atoms with Crippen molar-refractivity contribution in [2.75, 3.05) is 0 Å². The minimum Gasteiger partial charge on any atom is -0.197 e. The van der Waals surface area contributed by atoms with Gasteiger partial charge in [-0.2, -0.15) is 5.26 Å². The van der Waals surface area contributed by atoms with E-state index in [4.69, 9.17) is 5.26 Å². The van der Waals surface area contributed by atoms with Gasteiger partial charge < -0.3 is 0 Å². The Hall–Kier alpha value is -1.03. The number of rotatable bonds is 4. The summed E-state index contributed by atoms with van der Waals surface area (Å²) in [6.07, 6.45) is 7.46. The number of nitriles is 1. The molecule has 1 nitrogen and oxygen atoms in total. The highest BCUT2D eigenvalue weighted by atomic mass is 14.3. The Morgan fingerprint density at radius 3 is 2.64 bits per heavy atom. The molecule has 0 aromatic heterocycles. The monoisotopic (exact) mass is 149 g/mol. The molecule has 0 heterocycles. The second kappa shape index (κ2) is 4.73. The van der Waals surface area contributed by atoms with E-state index in [1.165, 1.54) is 0 Å². The molecule has 1 unspecified atom stereocenters. The number of nitrogens with zero attached hydrogens (tertiary/aromatic N) is 1. The summed E-state index contributed by atoms with van der Waals surface area (Å²) < 4.78 is 0. The Bertz CT molecular complexity index is 186. The van der Waals surface area contributed by atoms with Crippen LogP contribution in [0.15, 0.2) is 24.8 Å². The van der Waals surface area contributed by atoms with E-state index in [2.05, 4.69) is 19.6 Å². The molecule has 0 amide bonds. The SMILES string of the molecule is C=CCC(C)(C#N)C=CCC. The molecule has 0 rings (SSSR count). The van der Waals surface area contributed by atoms with E-state index in [-0.39, 0.29) is 5.41 Å². The van der Waals surface area contributed by atoms with Gasteiger partial charge in [-0.3, -0.25) is 0 Å². The fourth-order valence-corrected chi connectivity index (χ4v) is 0.829. The van der Waals surface area contributed by atoms with Crippen LogP contribution in [0, 0.1) is 16.7 Å². The first-order valence-corrected chi connectivity index (χ1v) is 3.88. The lowest BCUT2D eigenvalue weighted by atomic mass is 9.88. The molecule has 0 aromatic rings. The molecule has 0 aliphatic heterocycles. The molecule has 0 fully saturated rings. The largest absolute Gasteiger partial charge is 0.197 e. The van der Waals surface area contributed by atoms with E-state index in [1.54, 1.807) is 6.08 Å². The third kappa shape index (κ3) is 3.62. The molecule has 1 heteroatoms. The van der Waals surface area contributed by atoms with Gasteiger partial charge in [0, 0.05) is 0 Å². The Balaban J connectivity index is 4.23. The summed E-state index contributed by atoms with van der Waals surface area (Å²) in [5, 5.41) is 8.79. The Labute approximate surface area is 69.0 Å². The maximum atomic E-state index is 8.79. The summed E-state index contributed by atoms with van der Waals surface area (Å²) in [5.41, 5.74) is -0.349. The van der Waals surface area contributed by atoms with E-state index in [9.17, 15) is 0 Å². The van der Waals surface area contributed by atoms with Crippen LogP contribution < -0.4 is 0 Å². The maximum Gasteiger partial charge on any atom is 0.0759 e. The maximum absolute atomic E-state index is 8.79. The molecule has 0 spiro atoms. The highest BCUT2D eigenvalue weighted by Gasteiger charge is 2.16. The zero-order chi connectivity index (χ0) is 8.74. The number of hydrogen-bond acceptors (Lipinski definition) is 1. The Morgan fingerprint density at radius 1 is 1.64 bits per heavy atom. The van der Waals surface area contributed by atoms with E-state index >= 15 is 0 Å². The first-order chi connectivity index (χ1) is 5.18. The van der Waals surface area contributed by atoms with E-state index in [1.807, 2.05) is 19.1 Å². The van der Waals surface area contributed by atoms with Gasteiger partial charge in [0.1, 0.15) is 0 Å². The van der Waals surface area contributed by atoms with Crippen molar-refractivity contribution in [3.05, 3.63) is 24.8 Å². The van der Waals surface area contributed by atoms with Gasteiger partial charge in [0.25, 0.3) is 0 Å². The summed E-state index contributed by atoms with van der Waals surface area (Å²) in [4.78, 5) is 0. The van der Waals surface area contributed by atoms with Gasteiger partial charge >= 0.3 is 0 Å². The van der Waals surface area contributed by atoms with Crippen molar-refractivity contribution in [1.82, 2.24) is 0 Å². The quantitative estimate of drug-likeness (QED) is 0.563. The van der Waals surface area contributed by atoms with Crippen molar-refractivity contribution in [2.45, 2.75) is 26.7 Å².